The second kappa shape index (κ2) is 8.00. The van der Waals surface area contributed by atoms with Gasteiger partial charge < -0.3 is 10.1 Å². The van der Waals surface area contributed by atoms with Gasteiger partial charge in [-0.25, -0.2) is 8.78 Å². The zero-order valence-corrected chi connectivity index (χ0v) is 14.9. The molecule has 11 heteroatoms. The van der Waals surface area contributed by atoms with Crippen molar-refractivity contribution in [1.29, 1.82) is 0 Å². The highest BCUT2D eigenvalue weighted by atomic mass is 35.5. The molecule has 1 heterocycles. The minimum atomic E-state index is -4.61. The Labute approximate surface area is 165 Å². The van der Waals surface area contributed by atoms with Crippen molar-refractivity contribution in [3.63, 3.8) is 0 Å². The molecule has 1 aromatic heterocycles. The number of nitrogens with zero attached hydrogens (tertiary/aromatic N) is 2. The third kappa shape index (κ3) is 4.96. The number of aromatic nitrogens is 2. The van der Waals surface area contributed by atoms with Crippen LogP contribution in [0.1, 0.15) is 15.9 Å². The van der Waals surface area contributed by atoms with Crippen LogP contribution < -0.4 is 10.1 Å². The summed E-state index contributed by atoms with van der Waals surface area (Å²) in [5, 5.41) is 9.01. The lowest BCUT2D eigenvalue weighted by Crippen LogP contribution is -2.15. The molecule has 0 atom stereocenters. The maximum absolute atomic E-state index is 13.8. The Kier molecular flexibility index (Phi) is 5.64. The molecule has 0 saturated carbocycles. The van der Waals surface area contributed by atoms with Crippen LogP contribution in [0.25, 0.3) is 0 Å². The molecule has 2 aromatic carbocycles. The van der Waals surface area contributed by atoms with E-state index in [0.717, 1.165) is 30.3 Å². The van der Waals surface area contributed by atoms with Gasteiger partial charge in [-0.1, -0.05) is 17.7 Å². The van der Waals surface area contributed by atoms with Gasteiger partial charge in [0.2, 0.25) is 0 Å². The Morgan fingerprint density at radius 3 is 2.48 bits per heavy atom. The molecule has 0 radical (unpaired) electrons. The molecular formula is C18H9ClF5N3O2. The van der Waals surface area contributed by atoms with Crippen LogP contribution in [0.3, 0.4) is 0 Å². The van der Waals surface area contributed by atoms with E-state index >= 15 is 0 Å². The van der Waals surface area contributed by atoms with E-state index in [1.807, 2.05) is 0 Å². The highest BCUT2D eigenvalue weighted by Gasteiger charge is 2.31. The first-order chi connectivity index (χ1) is 13.6. The van der Waals surface area contributed by atoms with Crippen LogP contribution in [-0.2, 0) is 6.18 Å². The molecule has 0 fully saturated rings. The number of halogens is 6. The number of amides is 1. The molecule has 0 saturated heterocycles. The standard InChI is InChI=1S/C18H9ClF5N3O2/c19-15-8-12(16(28)25-14-5-4-10(20)7-13(14)21)17(27-26-15)29-11-3-1-2-9(6-11)18(22,23)24/h1-8H,(H,25,28). The van der Waals surface area contributed by atoms with Crippen molar-refractivity contribution in [1.82, 2.24) is 10.2 Å². The first kappa shape index (κ1) is 20.5. The number of hydrogen-bond donors (Lipinski definition) is 1. The van der Waals surface area contributed by atoms with Crippen LogP contribution >= 0.6 is 11.6 Å². The highest BCUT2D eigenvalue weighted by molar-refractivity contribution is 6.29. The van der Waals surface area contributed by atoms with Crippen LogP contribution in [0.15, 0.2) is 48.5 Å². The maximum Gasteiger partial charge on any atom is 0.416 e. The van der Waals surface area contributed by atoms with Crippen molar-refractivity contribution in [3.05, 3.63) is 76.4 Å². The molecule has 150 valence electrons. The number of anilines is 1. The Morgan fingerprint density at radius 1 is 1.03 bits per heavy atom. The minimum Gasteiger partial charge on any atom is -0.437 e. The average molecular weight is 430 g/mol. The molecule has 1 amide bonds. The normalized spacial score (nSPS) is 11.2. The third-order valence-electron chi connectivity index (χ3n) is 3.53. The van der Waals surface area contributed by atoms with Gasteiger partial charge in [0, 0.05) is 6.07 Å². The summed E-state index contributed by atoms with van der Waals surface area (Å²) in [5.41, 5.74) is -1.64. The fourth-order valence-corrected chi connectivity index (χ4v) is 2.37. The lowest BCUT2D eigenvalue weighted by molar-refractivity contribution is -0.137. The van der Waals surface area contributed by atoms with E-state index in [-0.39, 0.29) is 22.2 Å². The Balaban J connectivity index is 1.91. The zero-order chi connectivity index (χ0) is 21.2. The number of benzene rings is 2. The Hall–Kier alpha value is -3.27. The van der Waals surface area contributed by atoms with Crippen LogP contribution in [-0.4, -0.2) is 16.1 Å². The van der Waals surface area contributed by atoms with Crippen molar-refractivity contribution in [2.24, 2.45) is 0 Å². The third-order valence-corrected chi connectivity index (χ3v) is 3.71. The predicted molar refractivity (Wildman–Crippen MR) is 92.9 cm³/mol. The van der Waals surface area contributed by atoms with Gasteiger partial charge in [0.1, 0.15) is 22.9 Å². The van der Waals surface area contributed by atoms with Crippen LogP contribution in [0.5, 0.6) is 11.6 Å². The van der Waals surface area contributed by atoms with E-state index in [4.69, 9.17) is 16.3 Å². The summed E-state index contributed by atoms with van der Waals surface area (Å²) in [4.78, 5) is 12.5. The number of rotatable bonds is 4. The van der Waals surface area contributed by atoms with Crippen LogP contribution in [0, 0.1) is 11.6 Å². The first-order valence-electron chi connectivity index (χ1n) is 7.78. The van der Waals surface area contributed by atoms with Gasteiger partial charge in [-0.05, 0) is 36.4 Å². The van der Waals surface area contributed by atoms with E-state index in [0.29, 0.717) is 12.1 Å². The van der Waals surface area contributed by atoms with Crippen molar-refractivity contribution >= 4 is 23.2 Å². The molecule has 0 spiro atoms. The summed E-state index contributed by atoms with van der Waals surface area (Å²) in [6.45, 7) is 0. The van der Waals surface area contributed by atoms with Gasteiger partial charge in [-0.3, -0.25) is 4.79 Å². The zero-order valence-electron chi connectivity index (χ0n) is 14.1. The van der Waals surface area contributed by atoms with Crippen molar-refractivity contribution < 1.29 is 31.5 Å². The van der Waals surface area contributed by atoms with E-state index < -0.39 is 35.2 Å². The van der Waals surface area contributed by atoms with Gasteiger partial charge in [0.05, 0.1) is 11.3 Å². The minimum absolute atomic E-state index is 0.217. The van der Waals surface area contributed by atoms with Gasteiger partial charge in [-0.15, -0.1) is 10.2 Å². The average Bonchev–Trinajstić information content (AvgIpc) is 2.65. The molecule has 29 heavy (non-hydrogen) atoms. The van der Waals surface area contributed by atoms with E-state index in [1.165, 1.54) is 6.07 Å². The van der Waals surface area contributed by atoms with Crippen molar-refractivity contribution in [2.75, 3.05) is 5.32 Å². The monoisotopic (exact) mass is 429 g/mol. The molecule has 3 rings (SSSR count). The highest BCUT2D eigenvalue weighted by Crippen LogP contribution is 2.33. The number of alkyl halides is 3. The summed E-state index contributed by atoms with van der Waals surface area (Å²) in [6.07, 6.45) is -4.61. The summed E-state index contributed by atoms with van der Waals surface area (Å²) < 4.78 is 70.6. The SMILES string of the molecule is O=C(Nc1ccc(F)cc1F)c1cc(Cl)nnc1Oc1cccc(C(F)(F)F)c1. The van der Waals surface area contributed by atoms with Crippen LogP contribution in [0.2, 0.25) is 5.15 Å². The smallest absolute Gasteiger partial charge is 0.416 e. The summed E-state index contributed by atoms with van der Waals surface area (Å²) in [5.74, 6) is -3.56. The largest absolute Gasteiger partial charge is 0.437 e. The fourth-order valence-electron chi connectivity index (χ4n) is 2.22. The number of carbonyl (C=O) groups excluding carboxylic acids is 1. The maximum atomic E-state index is 13.8. The topological polar surface area (TPSA) is 64.1 Å². The molecular weight excluding hydrogens is 421 g/mol. The van der Waals surface area contributed by atoms with Gasteiger partial charge in [0.25, 0.3) is 11.8 Å². The molecule has 0 bridgehead atoms. The van der Waals surface area contributed by atoms with Crippen LogP contribution in [0.4, 0.5) is 27.6 Å². The lowest BCUT2D eigenvalue weighted by atomic mass is 10.2. The lowest BCUT2D eigenvalue weighted by Gasteiger charge is -2.12. The molecule has 0 aliphatic heterocycles. The van der Waals surface area contributed by atoms with Crippen molar-refractivity contribution in [3.8, 4) is 11.6 Å². The molecule has 1 N–H and O–H groups in total. The quantitative estimate of drug-likeness (QED) is 0.558. The first-order valence-corrected chi connectivity index (χ1v) is 8.16. The molecule has 5 nitrogen and oxygen atoms in total. The number of carbonyl (C=O) groups is 1. The van der Waals surface area contributed by atoms with E-state index in [9.17, 15) is 26.7 Å². The Bertz CT molecular complexity index is 1080. The number of nitrogens with one attached hydrogen (secondary N) is 1. The van der Waals surface area contributed by atoms with Crippen molar-refractivity contribution in [2.45, 2.75) is 6.18 Å². The van der Waals surface area contributed by atoms with Gasteiger partial charge in [-0.2, -0.15) is 13.2 Å². The van der Waals surface area contributed by atoms with E-state index in [1.54, 1.807) is 0 Å². The summed E-state index contributed by atoms with van der Waals surface area (Å²) >= 11 is 5.72. The number of hydrogen-bond acceptors (Lipinski definition) is 4. The summed E-state index contributed by atoms with van der Waals surface area (Å²) in [6, 6.07) is 7.38. The second-order valence-corrected chi connectivity index (χ2v) is 5.98. The molecule has 3 aromatic rings. The van der Waals surface area contributed by atoms with Gasteiger partial charge >= 0.3 is 6.18 Å². The second-order valence-electron chi connectivity index (χ2n) is 5.59. The molecule has 0 aliphatic carbocycles. The predicted octanol–water partition coefficient (Wildman–Crippen LogP) is 5.47. The van der Waals surface area contributed by atoms with E-state index in [2.05, 4.69) is 15.5 Å². The Morgan fingerprint density at radius 2 is 1.79 bits per heavy atom. The molecule has 0 unspecified atom stereocenters. The number of ether oxygens (including phenoxy) is 1. The fraction of sp³-hybridized carbons (Fsp3) is 0.0556. The molecule has 0 aliphatic rings. The summed E-state index contributed by atoms with van der Waals surface area (Å²) in [7, 11) is 0. The van der Waals surface area contributed by atoms with Gasteiger partial charge in [0.15, 0.2) is 5.15 Å².